The van der Waals surface area contributed by atoms with Gasteiger partial charge in [-0.15, -0.1) is 0 Å². The summed E-state index contributed by atoms with van der Waals surface area (Å²) in [4.78, 5) is 12.7. The molecule has 1 aromatic carbocycles. The summed E-state index contributed by atoms with van der Waals surface area (Å²) in [5.74, 6) is -1.99. The average Bonchev–Trinajstić information content (AvgIpc) is 2.59. The van der Waals surface area contributed by atoms with E-state index in [4.69, 9.17) is 22.1 Å². The maximum Gasteiger partial charge on any atom is 0.490 e. The number of piperidine rings is 1. The number of aliphatic hydroxyl groups excluding tert-OH is 1. The minimum absolute atomic E-state index is 0.0762. The van der Waals surface area contributed by atoms with Crippen molar-refractivity contribution in [3.63, 3.8) is 0 Å². The molecule has 1 saturated heterocycles. The molecule has 146 valence electrons. The number of hydrogen-bond acceptors (Lipinski definition) is 6. The van der Waals surface area contributed by atoms with E-state index in [1.807, 2.05) is 0 Å². The number of benzene rings is 1. The van der Waals surface area contributed by atoms with Gasteiger partial charge in [0.1, 0.15) is 18.5 Å². The van der Waals surface area contributed by atoms with Gasteiger partial charge in [0, 0.05) is 24.2 Å². The largest absolute Gasteiger partial charge is 0.491 e. The van der Waals surface area contributed by atoms with Crippen LogP contribution in [0.2, 0.25) is 5.02 Å². The van der Waals surface area contributed by atoms with Gasteiger partial charge in [0.25, 0.3) is 0 Å². The van der Waals surface area contributed by atoms with Crippen LogP contribution in [-0.2, 0) is 9.53 Å². The van der Waals surface area contributed by atoms with Crippen LogP contribution in [0.25, 0.3) is 0 Å². The van der Waals surface area contributed by atoms with Gasteiger partial charge >= 0.3 is 12.1 Å². The van der Waals surface area contributed by atoms with Crippen molar-refractivity contribution in [2.24, 2.45) is 5.73 Å². The number of aliphatic hydroxyl groups is 1. The molecule has 1 fully saturated rings. The maximum absolute atomic E-state index is 12.6. The smallest absolute Gasteiger partial charge is 0.490 e. The van der Waals surface area contributed by atoms with Crippen LogP contribution in [0.1, 0.15) is 12.8 Å². The Labute approximate surface area is 153 Å². The number of nitrogens with zero attached hydrogens (tertiary/aromatic N) is 1. The third kappa shape index (κ3) is 6.01. The minimum Gasteiger partial charge on any atom is -0.491 e. The molecule has 0 radical (unpaired) electrons. The van der Waals surface area contributed by atoms with Crippen molar-refractivity contribution in [2.75, 3.05) is 19.7 Å². The molecule has 2 atom stereocenters. The number of ether oxygens (including phenoxy) is 2. The highest BCUT2D eigenvalue weighted by atomic mass is 35.5. The number of nitrogens with two attached hydrogens (primary N) is 1. The monoisotopic (exact) mass is 396 g/mol. The summed E-state index contributed by atoms with van der Waals surface area (Å²) in [6, 6.07) is 6.15. The zero-order valence-corrected chi connectivity index (χ0v) is 14.5. The Balaban J connectivity index is 2.03. The molecule has 0 amide bonds. The summed E-state index contributed by atoms with van der Waals surface area (Å²) in [5.41, 5.74) is 5.78. The molecule has 0 bridgehead atoms. The van der Waals surface area contributed by atoms with Crippen LogP contribution in [0.5, 0.6) is 5.75 Å². The quantitative estimate of drug-likeness (QED) is 0.715. The van der Waals surface area contributed by atoms with Crippen molar-refractivity contribution in [1.29, 1.82) is 0 Å². The molecule has 26 heavy (non-hydrogen) atoms. The van der Waals surface area contributed by atoms with Crippen molar-refractivity contribution in [2.45, 2.75) is 37.4 Å². The Hall–Kier alpha value is -1.55. The van der Waals surface area contributed by atoms with Crippen molar-refractivity contribution in [3.8, 4) is 5.75 Å². The summed E-state index contributed by atoms with van der Waals surface area (Å²) in [5, 5.41) is 10.8. The van der Waals surface area contributed by atoms with Gasteiger partial charge in [0.15, 0.2) is 6.23 Å². The lowest BCUT2D eigenvalue weighted by Gasteiger charge is -2.37. The van der Waals surface area contributed by atoms with E-state index in [2.05, 4.69) is 4.74 Å². The molecule has 6 nitrogen and oxygen atoms in total. The van der Waals surface area contributed by atoms with E-state index in [9.17, 15) is 23.1 Å². The molecular formula is C16H20ClF3N2O4. The van der Waals surface area contributed by atoms with Gasteiger partial charge in [-0.3, -0.25) is 4.90 Å². The second kappa shape index (κ2) is 8.90. The first-order chi connectivity index (χ1) is 12.2. The molecule has 3 N–H and O–H groups in total. The Kier molecular flexibility index (Phi) is 7.10. The molecule has 0 aromatic heterocycles. The lowest BCUT2D eigenvalue weighted by molar-refractivity contribution is -0.223. The SMILES string of the molecule is NC1CCN(C(OC(=O)C(F)(F)F)C(O)COc2ccc(Cl)cc2)CC1. The Morgan fingerprint density at radius 1 is 1.31 bits per heavy atom. The highest BCUT2D eigenvalue weighted by molar-refractivity contribution is 6.30. The lowest BCUT2D eigenvalue weighted by atomic mass is 10.1. The highest BCUT2D eigenvalue weighted by Gasteiger charge is 2.44. The third-order valence-electron chi connectivity index (χ3n) is 3.96. The second-order valence-corrected chi connectivity index (χ2v) is 6.44. The molecule has 1 heterocycles. The fourth-order valence-electron chi connectivity index (χ4n) is 2.54. The normalized spacial score (nSPS) is 19.0. The Morgan fingerprint density at radius 2 is 1.88 bits per heavy atom. The van der Waals surface area contributed by atoms with E-state index in [0.717, 1.165) is 0 Å². The molecule has 1 aliphatic rings. The topological polar surface area (TPSA) is 85.0 Å². The lowest BCUT2D eigenvalue weighted by Crippen LogP contribution is -2.54. The first-order valence-electron chi connectivity index (χ1n) is 8.00. The highest BCUT2D eigenvalue weighted by Crippen LogP contribution is 2.22. The predicted molar refractivity (Wildman–Crippen MR) is 87.7 cm³/mol. The zero-order valence-electron chi connectivity index (χ0n) is 13.8. The first kappa shape index (κ1) is 20.8. The third-order valence-corrected chi connectivity index (χ3v) is 4.21. The number of halogens is 4. The molecule has 1 aliphatic heterocycles. The second-order valence-electron chi connectivity index (χ2n) is 6.00. The standard InChI is InChI=1S/C16H20ClF3N2O4/c17-10-1-3-12(4-2-10)25-9-13(23)14(26-15(24)16(18,19)20)22-7-5-11(21)6-8-22/h1-4,11,13-14,23H,5-9,21H2. The average molecular weight is 397 g/mol. The number of esters is 1. The number of carbonyl (C=O) groups excluding carboxylic acids is 1. The van der Waals surface area contributed by atoms with Gasteiger partial charge in [0.05, 0.1) is 0 Å². The molecular weight excluding hydrogens is 377 g/mol. The van der Waals surface area contributed by atoms with Gasteiger partial charge in [-0.25, -0.2) is 4.79 Å². The number of likely N-dealkylation sites (tertiary alicyclic amines) is 1. The number of carbonyl (C=O) groups is 1. The van der Waals surface area contributed by atoms with Gasteiger partial charge in [0.2, 0.25) is 0 Å². The maximum atomic E-state index is 12.6. The van der Waals surface area contributed by atoms with Gasteiger partial charge in [-0.05, 0) is 37.1 Å². The van der Waals surface area contributed by atoms with E-state index >= 15 is 0 Å². The molecule has 2 rings (SSSR count). The van der Waals surface area contributed by atoms with Crippen LogP contribution in [0.15, 0.2) is 24.3 Å². The first-order valence-corrected chi connectivity index (χ1v) is 8.38. The molecule has 2 unspecified atom stereocenters. The Bertz CT molecular complexity index is 592. The zero-order chi connectivity index (χ0) is 19.3. The number of alkyl halides is 3. The number of hydrogen-bond donors (Lipinski definition) is 2. The summed E-state index contributed by atoms with van der Waals surface area (Å²) in [6.45, 7) is 0.240. The summed E-state index contributed by atoms with van der Waals surface area (Å²) < 4.78 is 47.5. The summed E-state index contributed by atoms with van der Waals surface area (Å²) in [7, 11) is 0. The van der Waals surface area contributed by atoms with E-state index in [-0.39, 0.29) is 12.6 Å². The van der Waals surface area contributed by atoms with E-state index in [1.54, 1.807) is 24.3 Å². The summed E-state index contributed by atoms with van der Waals surface area (Å²) in [6.07, 6.45) is -7.08. The van der Waals surface area contributed by atoms with Crippen molar-refractivity contribution < 1.29 is 32.5 Å². The predicted octanol–water partition coefficient (Wildman–Crippen LogP) is 1.93. The van der Waals surface area contributed by atoms with Crippen LogP contribution >= 0.6 is 11.6 Å². The molecule has 0 saturated carbocycles. The van der Waals surface area contributed by atoms with E-state index in [1.165, 1.54) is 4.90 Å². The van der Waals surface area contributed by atoms with Crippen molar-refractivity contribution in [3.05, 3.63) is 29.3 Å². The molecule has 1 aromatic rings. The van der Waals surface area contributed by atoms with Crippen LogP contribution in [-0.4, -0.2) is 60.2 Å². The van der Waals surface area contributed by atoms with Gasteiger partial charge in [-0.2, -0.15) is 13.2 Å². The van der Waals surface area contributed by atoms with E-state index in [0.29, 0.717) is 36.7 Å². The fourth-order valence-corrected chi connectivity index (χ4v) is 2.67. The van der Waals surface area contributed by atoms with Crippen molar-refractivity contribution >= 4 is 17.6 Å². The van der Waals surface area contributed by atoms with Crippen LogP contribution < -0.4 is 10.5 Å². The molecule has 0 aliphatic carbocycles. The number of rotatable bonds is 6. The van der Waals surface area contributed by atoms with Crippen LogP contribution in [0.3, 0.4) is 0 Å². The van der Waals surface area contributed by atoms with Gasteiger partial charge in [-0.1, -0.05) is 11.6 Å². The Morgan fingerprint density at radius 3 is 2.42 bits per heavy atom. The molecule has 10 heteroatoms. The van der Waals surface area contributed by atoms with Crippen LogP contribution in [0, 0.1) is 0 Å². The van der Waals surface area contributed by atoms with Crippen LogP contribution in [0.4, 0.5) is 13.2 Å². The van der Waals surface area contributed by atoms with Gasteiger partial charge < -0.3 is 20.3 Å². The van der Waals surface area contributed by atoms with Crippen molar-refractivity contribution in [1.82, 2.24) is 4.90 Å². The minimum atomic E-state index is -5.15. The fraction of sp³-hybridized carbons (Fsp3) is 0.562. The molecule has 0 spiro atoms. The summed E-state index contributed by atoms with van der Waals surface area (Å²) >= 11 is 5.75. The van der Waals surface area contributed by atoms with E-state index < -0.39 is 24.5 Å².